The Kier molecular flexibility index (Phi) is 5.47. The number of nitrogens with zero attached hydrogens (tertiary/aromatic N) is 2. The van der Waals surface area contributed by atoms with Gasteiger partial charge in [-0.1, -0.05) is 20.8 Å². The van der Waals surface area contributed by atoms with Gasteiger partial charge in [0, 0.05) is 28.9 Å². The molecule has 0 bridgehead atoms. The summed E-state index contributed by atoms with van der Waals surface area (Å²) in [7, 11) is 4.46. The third-order valence-corrected chi connectivity index (χ3v) is 6.23. The van der Waals surface area contributed by atoms with Crippen LogP contribution in [0.3, 0.4) is 0 Å². The maximum atomic E-state index is 6.08. The highest BCUT2D eigenvalue weighted by atomic mass is 32.1. The molecule has 1 aromatic heterocycles. The molecule has 0 saturated carbocycles. The van der Waals surface area contributed by atoms with Gasteiger partial charge in [0.1, 0.15) is 0 Å². The molecule has 0 spiro atoms. The van der Waals surface area contributed by atoms with Crippen LogP contribution in [0.5, 0.6) is 0 Å². The van der Waals surface area contributed by atoms with Crippen LogP contribution in [0.4, 0.5) is 0 Å². The molecule has 2 unspecified atom stereocenters. The van der Waals surface area contributed by atoms with Crippen molar-refractivity contribution in [1.29, 1.82) is 0 Å². The SMILES string of the molecule is CN1CCCC1CN(C)C(CN)c1ccc(C(C)(C)C)s1. The molecule has 2 atom stereocenters. The first-order valence-electron chi connectivity index (χ1n) is 8.03. The highest BCUT2D eigenvalue weighted by Gasteiger charge is 2.26. The molecule has 1 aromatic rings. The molecule has 1 aliphatic heterocycles. The molecule has 1 saturated heterocycles. The van der Waals surface area contributed by atoms with Gasteiger partial charge in [-0.2, -0.15) is 0 Å². The van der Waals surface area contributed by atoms with E-state index in [0.29, 0.717) is 18.6 Å². The van der Waals surface area contributed by atoms with Crippen LogP contribution in [-0.4, -0.2) is 49.6 Å². The monoisotopic (exact) mass is 309 g/mol. The Hall–Kier alpha value is -0.420. The lowest BCUT2D eigenvalue weighted by atomic mass is 9.95. The maximum absolute atomic E-state index is 6.08. The molecule has 2 heterocycles. The zero-order chi connectivity index (χ0) is 15.6. The van der Waals surface area contributed by atoms with Crippen molar-refractivity contribution < 1.29 is 0 Å². The molecule has 1 fully saturated rings. The molecule has 3 nitrogen and oxygen atoms in total. The minimum atomic E-state index is 0.228. The van der Waals surface area contributed by atoms with Gasteiger partial charge in [0.2, 0.25) is 0 Å². The lowest BCUT2D eigenvalue weighted by Crippen LogP contribution is -2.40. The van der Waals surface area contributed by atoms with E-state index in [-0.39, 0.29) is 5.41 Å². The van der Waals surface area contributed by atoms with Gasteiger partial charge >= 0.3 is 0 Å². The number of hydrogen-bond acceptors (Lipinski definition) is 4. The molecule has 2 N–H and O–H groups in total. The summed E-state index contributed by atoms with van der Waals surface area (Å²) in [4.78, 5) is 7.79. The molecule has 0 amide bonds. The second-order valence-corrected chi connectivity index (χ2v) is 8.54. The van der Waals surface area contributed by atoms with E-state index in [4.69, 9.17) is 5.73 Å². The lowest BCUT2D eigenvalue weighted by molar-refractivity contribution is 0.181. The summed E-state index contributed by atoms with van der Waals surface area (Å²) < 4.78 is 0. The second-order valence-electron chi connectivity index (χ2n) is 7.42. The van der Waals surface area contributed by atoms with Crippen molar-refractivity contribution in [3.8, 4) is 0 Å². The fourth-order valence-corrected chi connectivity index (χ4v) is 4.36. The Bertz CT molecular complexity index is 449. The lowest BCUT2D eigenvalue weighted by Gasteiger charge is -2.31. The summed E-state index contributed by atoms with van der Waals surface area (Å²) >= 11 is 1.92. The Labute approximate surface area is 134 Å². The van der Waals surface area contributed by atoms with E-state index in [1.165, 1.54) is 29.1 Å². The fraction of sp³-hybridized carbons (Fsp3) is 0.765. The average Bonchev–Trinajstić information content (AvgIpc) is 3.00. The fourth-order valence-electron chi connectivity index (χ4n) is 3.12. The van der Waals surface area contributed by atoms with Crippen molar-refractivity contribution in [2.75, 3.05) is 33.7 Å². The largest absolute Gasteiger partial charge is 0.329 e. The van der Waals surface area contributed by atoms with E-state index in [2.05, 4.69) is 56.8 Å². The van der Waals surface area contributed by atoms with Crippen LogP contribution >= 0.6 is 11.3 Å². The molecular formula is C17H31N3S. The number of hydrogen-bond donors (Lipinski definition) is 1. The number of nitrogens with two attached hydrogens (primary N) is 1. The summed E-state index contributed by atoms with van der Waals surface area (Å²) in [6.45, 7) is 9.86. The third kappa shape index (κ3) is 4.07. The van der Waals surface area contributed by atoms with Gasteiger partial charge in [-0.05, 0) is 51.0 Å². The first-order chi connectivity index (χ1) is 9.82. The zero-order valence-corrected chi connectivity index (χ0v) is 15.0. The van der Waals surface area contributed by atoms with Crippen LogP contribution in [0.2, 0.25) is 0 Å². The van der Waals surface area contributed by atoms with Crippen molar-refractivity contribution in [1.82, 2.24) is 9.80 Å². The van der Waals surface area contributed by atoms with Crippen molar-refractivity contribution in [2.45, 2.75) is 51.1 Å². The summed E-state index contributed by atoms with van der Waals surface area (Å²) in [6.07, 6.45) is 2.64. The minimum Gasteiger partial charge on any atom is -0.329 e. The number of likely N-dealkylation sites (N-methyl/N-ethyl adjacent to an activating group) is 2. The van der Waals surface area contributed by atoms with E-state index in [1.54, 1.807) is 0 Å². The van der Waals surface area contributed by atoms with Gasteiger partial charge in [-0.15, -0.1) is 11.3 Å². The van der Waals surface area contributed by atoms with Crippen LogP contribution in [0.1, 0.15) is 49.4 Å². The molecule has 21 heavy (non-hydrogen) atoms. The van der Waals surface area contributed by atoms with Crippen LogP contribution in [0, 0.1) is 0 Å². The summed E-state index contributed by atoms with van der Waals surface area (Å²) in [5.41, 5.74) is 6.31. The van der Waals surface area contributed by atoms with Crippen LogP contribution in [0.15, 0.2) is 12.1 Å². The Morgan fingerprint density at radius 1 is 1.43 bits per heavy atom. The third-order valence-electron chi connectivity index (χ3n) is 4.62. The smallest absolute Gasteiger partial charge is 0.0562 e. The molecule has 4 heteroatoms. The van der Waals surface area contributed by atoms with Gasteiger partial charge < -0.3 is 10.6 Å². The summed E-state index contributed by atoms with van der Waals surface area (Å²) in [5, 5.41) is 0. The number of rotatable bonds is 5. The van der Waals surface area contributed by atoms with E-state index in [1.807, 2.05) is 11.3 Å². The first kappa shape index (κ1) is 16.9. The Balaban J connectivity index is 2.06. The molecule has 120 valence electrons. The number of thiophene rings is 1. The van der Waals surface area contributed by atoms with Gasteiger partial charge in [-0.25, -0.2) is 0 Å². The van der Waals surface area contributed by atoms with E-state index in [9.17, 15) is 0 Å². The predicted molar refractivity (Wildman–Crippen MR) is 93.1 cm³/mol. The van der Waals surface area contributed by atoms with Gasteiger partial charge in [-0.3, -0.25) is 4.90 Å². The molecule has 0 aromatic carbocycles. The Morgan fingerprint density at radius 2 is 2.14 bits per heavy atom. The molecule has 1 aliphatic rings. The first-order valence-corrected chi connectivity index (χ1v) is 8.85. The van der Waals surface area contributed by atoms with Crippen LogP contribution in [-0.2, 0) is 5.41 Å². The zero-order valence-electron chi connectivity index (χ0n) is 14.2. The molecule has 0 radical (unpaired) electrons. The average molecular weight is 310 g/mol. The maximum Gasteiger partial charge on any atom is 0.0562 e. The number of likely N-dealkylation sites (tertiary alicyclic amines) is 1. The van der Waals surface area contributed by atoms with E-state index < -0.39 is 0 Å². The van der Waals surface area contributed by atoms with Crippen LogP contribution < -0.4 is 5.73 Å². The minimum absolute atomic E-state index is 0.228. The van der Waals surface area contributed by atoms with Crippen LogP contribution in [0.25, 0.3) is 0 Å². The quantitative estimate of drug-likeness (QED) is 0.907. The Morgan fingerprint density at radius 3 is 2.62 bits per heavy atom. The van der Waals surface area contributed by atoms with Crippen molar-refractivity contribution in [3.05, 3.63) is 21.9 Å². The second kappa shape index (κ2) is 6.78. The van der Waals surface area contributed by atoms with Gasteiger partial charge in [0.25, 0.3) is 0 Å². The summed E-state index contributed by atoms with van der Waals surface area (Å²) in [6, 6.07) is 5.58. The molecular weight excluding hydrogens is 278 g/mol. The van der Waals surface area contributed by atoms with E-state index in [0.717, 1.165) is 6.54 Å². The van der Waals surface area contributed by atoms with Gasteiger partial charge in [0.15, 0.2) is 0 Å². The highest BCUT2D eigenvalue weighted by Crippen LogP contribution is 2.34. The van der Waals surface area contributed by atoms with E-state index >= 15 is 0 Å². The topological polar surface area (TPSA) is 32.5 Å². The highest BCUT2D eigenvalue weighted by molar-refractivity contribution is 7.12. The molecule has 2 rings (SSSR count). The molecule has 0 aliphatic carbocycles. The normalized spacial score (nSPS) is 22.1. The van der Waals surface area contributed by atoms with Crippen molar-refractivity contribution in [3.63, 3.8) is 0 Å². The standard InChI is InChI=1S/C17H31N3S/c1-17(2,3)16-9-8-15(21-16)14(11-18)20(5)12-13-7-6-10-19(13)4/h8-9,13-14H,6-7,10-12,18H2,1-5H3. The van der Waals surface area contributed by atoms with Crippen molar-refractivity contribution >= 4 is 11.3 Å². The predicted octanol–water partition coefficient (Wildman–Crippen LogP) is 3.07. The summed E-state index contributed by atoms with van der Waals surface area (Å²) in [5.74, 6) is 0. The van der Waals surface area contributed by atoms with Crippen molar-refractivity contribution in [2.24, 2.45) is 5.73 Å². The van der Waals surface area contributed by atoms with Gasteiger partial charge in [0.05, 0.1) is 6.04 Å².